The number of aromatic nitrogens is 4. The molecule has 0 radical (unpaired) electrons. The molecule has 0 aromatic carbocycles. The van der Waals surface area contributed by atoms with Crippen LogP contribution in [0.2, 0.25) is 0 Å². The van der Waals surface area contributed by atoms with Gasteiger partial charge in [0.15, 0.2) is 16.6 Å². The first-order valence-corrected chi connectivity index (χ1v) is 7.35. The second-order valence-corrected chi connectivity index (χ2v) is 5.31. The summed E-state index contributed by atoms with van der Waals surface area (Å²) in [7, 11) is 0. The molecule has 108 valence electrons. The molecule has 1 saturated heterocycles. The second-order valence-electron chi connectivity index (χ2n) is 4.53. The van der Waals surface area contributed by atoms with Crippen LogP contribution in [0.3, 0.4) is 0 Å². The third-order valence-corrected chi connectivity index (χ3v) is 3.85. The first-order chi connectivity index (χ1) is 9.63. The number of anilines is 1. The van der Waals surface area contributed by atoms with E-state index < -0.39 is 18.4 Å². The van der Waals surface area contributed by atoms with Crippen molar-refractivity contribution >= 4 is 28.7 Å². The Morgan fingerprint density at radius 2 is 2.35 bits per heavy atom. The highest BCUT2D eigenvalue weighted by molar-refractivity contribution is 7.98. The molecular formula is C11H15N5O3S. The van der Waals surface area contributed by atoms with Gasteiger partial charge in [-0.2, -0.15) is 0 Å². The number of aliphatic hydroxyl groups excluding tert-OH is 2. The van der Waals surface area contributed by atoms with Crippen LogP contribution in [0.4, 0.5) is 5.82 Å². The van der Waals surface area contributed by atoms with Crippen molar-refractivity contribution in [3.8, 4) is 0 Å². The summed E-state index contributed by atoms with van der Waals surface area (Å²) >= 11 is 1.38. The number of nitrogens with zero attached hydrogens (tertiary/aromatic N) is 4. The number of nitrogen functional groups attached to an aromatic ring is 1. The monoisotopic (exact) mass is 297 g/mol. The van der Waals surface area contributed by atoms with Gasteiger partial charge in [-0.1, -0.05) is 11.8 Å². The first kappa shape index (κ1) is 13.6. The molecule has 3 atom stereocenters. The van der Waals surface area contributed by atoms with Crippen LogP contribution in [0.1, 0.15) is 12.6 Å². The minimum Gasteiger partial charge on any atom is -0.394 e. The summed E-state index contributed by atoms with van der Waals surface area (Å²) in [5.41, 5.74) is 6.93. The number of hydrogen-bond donors (Lipinski definition) is 3. The average Bonchev–Trinajstić information content (AvgIpc) is 3.01. The molecule has 1 aliphatic heterocycles. The van der Waals surface area contributed by atoms with Gasteiger partial charge in [0.05, 0.1) is 19.0 Å². The normalized spacial score (nSPS) is 26.4. The fourth-order valence-electron chi connectivity index (χ4n) is 2.27. The molecule has 0 aliphatic carbocycles. The lowest BCUT2D eigenvalue weighted by molar-refractivity contribution is -0.0432. The minimum absolute atomic E-state index is 0.225. The summed E-state index contributed by atoms with van der Waals surface area (Å²) < 4.78 is 7.32. The number of hydrogen-bond acceptors (Lipinski definition) is 8. The molecule has 9 heteroatoms. The van der Waals surface area contributed by atoms with Crippen LogP contribution in [0.15, 0.2) is 11.5 Å². The number of nitrogens with two attached hydrogens (primary N) is 1. The third-order valence-electron chi connectivity index (χ3n) is 3.30. The molecule has 2 aromatic rings. The lowest BCUT2D eigenvalue weighted by Gasteiger charge is -2.13. The minimum atomic E-state index is -0.707. The highest BCUT2D eigenvalue weighted by atomic mass is 32.2. The summed E-state index contributed by atoms with van der Waals surface area (Å²) in [5, 5.41) is 19.5. The fraction of sp³-hybridized carbons (Fsp3) is 0.545. The molecule has 4 N–H and O–H groups in total. The Morgan fingerprint density at radius 3 is 3.00 bits per heavy atom. The maximum atomic E-state index is 9.81. The highest BCUT2D eigenvalue weighted by Gasteiger charge is 2.35. The van der Waals surface area contributed by atoms with Gasteiger partial charge in [0.1, 0.15) is 17.8 Å². The molecule has 0 spiro atoms. The van der Waals surface area contributed by atoms with Crippen LogP contribution in [-0.2, 0) is 4.74 Å². The molecule has 8 nitrogen and oxygen atoms in total. The number of aliphatic hydroxyl groups is 2. The van der Waals surface area contributed by atoms with E-state index in [2.05, 4.69) is 15.0 Å². The number of imidazole rings is 1. The second kappa shape index (κ2) is 5.17. The molecule has 0 amide bonds. The van der Waals surface area contributed by atoms with E-state index in [9.17, 15) is 5.11 Å². The maximum Gasteiger partial charge on any atom is 0.191 e. The van der Waals surface area contributed by atoms with Crippen LogP contribution in [0.5, 0.6) is 0 Å². The van der Waals surface area contributed by atoms with Crippen LogP contribution in [-0.4, -0.2) is 54.8 Å². The lowest BCUT2D eigenvalue weighted by Crippen LogP contribution is -2.24. The van der Waals surface area contributed by atoms with Gasteiger partial charge in [0, 0.05) is 6.42 Å². The summed E-state index contributed by atoms with van der Waals surface area (Å²) in [4.78, 5) is 12.7. The van der Waals surface area contributed by atoms with Crippen molar-refractivity contribution in [3.63, 3.8) is 0 Å². The summed E-state index contributed by atoms with van der Waals surface area (Å²) in [6, 6.07) is 0. The SMILES string of the molecule is CSc1nc(N)c2ncn([C@@H]3C[C@@H](O)[C@H](CO)O3)c2n1. The fourth-order valence-corrected chi connectivity index (χ4v) is 2.64. The predicted molar refractivity (Wildman–Crippen MR) is 73.1 cm³/mol. The quantitative estimate of drug-likeness (QED) is 0.525. The van der Waals surface area contributed by atoms with Crippen molar-refractivity contribution in [1.82, 2.24) is 19.5 Å². The largest absolute Gasteiger partial charge is 0.394 e. The van der Waals surface area contributed by atoms with Crippen LogP contribution >= 0.6 is 11.8 Å². The van der Waals surface area contributed by atoms with E-state index in [1.165, 1.54) is 11.8 Å². The molecule has 3 heterocycles. The van der Waals surface area contributed by atoms with Crippen LogP contribution in [0, 0.1) is 0 Å². The molecule has 20 heavy (non-hydrogen) atoms. The van der Waals surface area contributed by atoms with Crippen molar-refractivity contribution in [1.29, 1.82) is 0 Å². The van der Waals surface area contributed by atoms with Crippen LogP contribution in [0.25, 0.3) is 11.2 Å². The number of fused-ring (bicyclic) bond motifs is 1. The average molecular weight is 297 g/mol. The first-order valence-electron chi connectivity index (χ1n) is 6.12. The summed E-state index contributed by atoms with van der Waals surface area (Å²) in [6.07, 6.45) is 2.08. The smallest absolute Gasteiger partial charge is 0.191 e. The number of thioether (sulfide) groups is 1. The molecule has 1 aliphatic rings. The number of ether oxygens (including phenoxy) is 1. The molecule has 3 rings (SSSR count). The zero-order valence-electron chi connectivity index (χ0n) is 10.8. The van der Waals surface area contributed by atoms with E-state index in [0.29, 0.717) is 28.6 Å². The number of rotatable bonds is 3. The van der Waals surface area contributed by atoms with E-state index in [-0.39, 0.29) is 6.61 Å². The molecule has 0 saturated carbocycles. The highest BCUT2D eigenvalue weighted by Crippen LogP contribution is 2.31. The van der Waals surface area contributed by atoms with E-state index in [4.69, 9.17) is 15.6 Å². The zero-order valence-corrected chi connectivity index (χ0v) is 11.6. The summed E-state index contributed by atoms with van der Waals surface area (Å²) in [6.45, 7) is -0.225. The third kappa shape index (κ3) is 2.12. The van der Waals surface area contributed by atoms with E-state index in [1.807, 2.05) is 6.26 Å². The van der Waals surface area contributed by atoms with Gasteiger partial charge in [-0.15, -0.1) is 0 Å². The van der Waals surface area contributed by atoms with Gasteiger partial charge in [-0.25, -0.2) is 15.0 Å². The van der Waals surface area contributed by atoms with Crippen molar-refractivity contribution in [2.45, 2.75) is 30.0 Å². The Bertz CT molecular complexity index is 634. The van der Waals surface area contributed by atoms with Gasteiger partial charge in [-0.3, -0.25) is 4.57 Å². The van der Waals surface area contributed by atoms with Crippen LogP contribution < -0.4 is 5.73 Å². The van der Waals surface area contributed by atoms with Gasteiger partial charge in [-0.05, 0) is 6.26 Å². The van der Waals surface area contributed by atoms with E-state index >= 15 is 0 Å². The topological polar surface area (TPSA) is 119 Å². The molecular weight excluding hydrogens is 282 g/mol. The Hall–Kier alpha value is -1.42. The summed E-state index contributed by atoms with van der Waals surface area (Å²) in [5.74, 6) is 0.315. The molecule has 0 bridgehead atoms. The van der Waals surface area contributed by atoms with E-state index in [1.54, 1.807) is 10.9 Å². The maximum absolute atomic E-state index is 9.81. The molecule has 2 aromatic heterocycles. The predicted octanol–water partition coefficient (Wildman–Crippen LogP) is -0.229. The Morgan fingerprint density at radius 1 is 1.55 bits per heavy atom. The Labute approximate surface area is 119 Å². The molecule has 1 fully saturated rings. The van der Waals surface area contributed by atoms with Crippen molar-refractivity contribution in [2.24, 2.45) is 0 Å². The van der Waals surface area contributed by atoms with Gasteiger partial charge < -0.3 is 20.7 Å². The van der Waals surface area contributed by atoms with Crippen molar-refractivity contribution in [2.75, 3.05) is 18.6 Å². The van der Waals surface area contributed by atoms with E-state index in [0.717, 1.165) is 0 Å². The lowest BCUT2D eigenvalue weighted by atomic mass is 10.2. The van der Waals surface area contributed by atoms with Crippen molar-refractivity contribution in [3.05, 3.63) is 6.33 Å². The standard InChI is InChI=1S/C11H15N5O3S/c1-20-11-14-9(12)8-10(15-11)16(4-13-8)7-2-5(18)6(3-17)19-7/h4-7,17-18H,2-3H2,1H3,(H2,12,14,15)/t5-,6+,7+/m1/s1. The molecule has 0 unspecified atom stereocenters. The Kier molecular flexibility index (Phi) is 3.50. The van der Waals surface area contributed by atoms with Gasteiger partial charge in [0.2, 0.25) is 0 Å². The van der Waals surface area contributed by atoms with Gasteiger partial charge >= 0.3 is 0 Å². The van der Waals surface area contributed by atoms with Gasteiger partial charge in [0.25, 0.3) is 0 Å². The van der Waals surface area contributed by atoms with Crippen molar-refractivity contribution < 1.29 is 14.9 Å². The Balaban J connectivity index is 2.02. The zero-order chi connectivity index (χ0) is 14.3.